The molecule has 0 saturated heterocycles. The van der Waals surface area contributed by atoms with Crippen LogP contribution in [0.3, 0.4) is 0 Å². The van der Waals surface area contributed by atoms with Gasteiger partial charge >= 0.3 is 0 Å². The predicted molar refractivity (Wildman–Crippen MR) is 91.8 cm³/mol. The Morgan fingerprint density at radius 1 is 1.20 bits per heavy atom. The number of allylic oxidation sites excluding steroid dienone is 1. The SMILES string of the molecule is BrC(Br)=C[C@H]1CCCC[C@]2(C#Cc3ccccc3)CC12. The van der Waals surface area contributed by atoms with Crippen LogP contribution in [-0.2, 0) is 0 Å². The van der Waals surface area contributed by atoms with E-state index in [-0.39, 0.29) is 0 Å². The van der Waals surface area contributed by atoms with Crippen molar-refractivity contribution in [2.75, 3.05) is 0 Å². The Balaban J connectivity index is 1.80. The topological polar surface area (TPSA) is 0 Å². The minimum atomic E-state index is 0.295. The van der Waals surface area contributed by atoms with Crippen LogP contribution in [0.25, 0.3) is 0 Å². The zero-order chi connectivity index (χ0) is 14.0. The number of fused-ring (bicyclic) bond motifs is 1. The van der Waals surface area contributed by atoms with E-state index in [1.165, 1.54) is 32.1 Å². The van der Waals surface area contributed by atoms with Gasteiger partial charge in [0, 0.05) is 11.0 Å². The van der Waals surface area contributed by atoms with E-state index in [0.29, 0.717) is 11.3 Å². The van der Waals surface area contributed by atoms with Gasteiger partial charge in [0.1, 0.15) is 0 Å². The van der Waals surface area contributed by atoms with Gasteiger partial charge in [-0.2, -0.15) is 0 Å². The lowest BCUT2D eigenvalue weighted by Gasteiger charge is -2.11. The Labute approximate surface area is 138 Å². The fourth-order valence-electron chi connectivity index (χ4n) is 3.49. The summed E-state index contributed by atoms with van der Waals surface area (Å²) in [5.74, 6) is 8.46. The fourth-order valence-corrected chi connectivity index (χ4v) is 4.17. The Bertz CT molecular complexity index is 560. The van der Waals surface area contributed by atoms with Crippen molar-refractivity contribution >= 4 is 31.9 Å². The van der Waals surface area contributed by atoms with E-state index < -0.39 is 0 Å². The first-order valence-electron chi connectivity index (χ1n) is 7.31. The molecule has 20 heavy (non-hydrogen) atoms. The fraction of sp³-hybridized carbons (Fsp3) is 0.444. The van der Waals surface area contributed by atoms with Gasteiger partial charge in [-0.25, -0.2) is 0 Å². The van der Waals surface area contributed by atoms with Crippen molar-refractivity contribution in [1.29, 1.82) is 0 Å². The quantitative estimate of drug-likeness (QED) is 0.523. The summed E-state index contributed by atoms with van der Waals surface area (Å²) in [6.07, 6.45) is 8.86. The molecule has 1 aromatic rings. The summed E-state index contributed by atoms with van der Waals surface area (Å²) in [6, 6.07) is 10.4. The van der Waals surface area contributed by atoms with Gasteiger partial charge in [-0.05, 0) is 75.1 Å². The van der Waals surface area contributed by atoms with Crippen LogP contribution in [0.15, 0.2) is 39.8 Å². The highest BCUT2D eigenvalue weighted by Gasteiger charge is 2.56. The summed E-state index contributed by atoms with van der Waals surface area (Å²) in [7, 11) is 0. The lowest BCUT2D eigenvalue weighted by molar-refractivity contribution is 0.485. The normalized spacial score (nSPS) is 31.3. The lowest BCUT2D eigenvalue weighted by Crippen LogP contribution is -2.05. The molecule has 2 aliphatic rings. The van der Waals surface area contributed by atoms with Crippen LogP contribution in [0.1, 0.15) is 37.7 Å². The van der Waals surface area contributed by atoms with Crippen LogP contribution < -0.4 is 0 Å². The predicted octanol–water partition coefficient (Wildman–Crippen LogP) is 5.87. The maximum absolute atomic E-state index is 3.62. The summed E-state index contributed by atoms with van der Waals surface area (Å²) in [5.41, 5.74) is 1.44. The molecule has 104 valence electrons. The van der Waals surface area contributed by atoms with Gasteiger partial charge in [-0.3, -0.25) is 0 Å². The molecular weight excluding hydrogens is 376 g/mol. The minimum absolute atomic E-state index is 0.295. The Hall–Kier alpha value is -0.520. The highest BCUT2D eigenvalue weighted by molar-refractivity contribution is 9.28. The van der Waals surface area contributed by atoms with Crippen molar-refractivity contribution in [3.05, 3.63) is 45.4 Å². The van der Waals surface area contributed by atoms with Crippen molar-refractivity contribution in [3.8, 4) is 11.8 Å². The molecule has 0 aliphatic heterocycles. The standard InChI is InChI=1S/C18H18Br2/c19-17(20)12-15-8-4-5-10-18(13-16(15)18)11-9-14-6-2-1-3-7-14/h1-3,6-7,12,15-16H,4-5,8,10,13H2/t15-,16?,18+/m1/s1. The molecular formula is C18H18Br2. The van der Waals surface area contributed by atoms with Gasteiger partial charge in [0.05, 0.1) is 3.39 Å². The number of hydrogen-bond acceptors (Lipinski definition) is 0. The second-order valence-corrected chi connectivity index (χ2v) is 8.72. The molecule has 0 aromatic heterocycles. The van der Waals surface area contributed by atoms with Crippen molar-refractivity contribution in [3.63, 3.8) is 0 Å². The number of hydrogen-bond donors (Lipinski definition) is 0. The molecule has 1 aromatic carbocycles. The molecule has 0 heterocycles. The first-order chi connectivity index (χ1) is 9.70. The van der Waals surface area contributed by atoms with E-state index >= 15 is 0 Å². The molecule has 0 nitrogen and oxygen atoms in total. The zero-order valence-corrected chi connectivity index (χ0v) is 14.6. The molecule has 2 aliphatic carbocycles. The highest BCUT2D eigenvalue weighted by atomic mass is 79.9. The maximum Gasteiger partial charge on any atom is 0.0567 e. The van der Waals surface area contributed by atoms with Crippen LogP contribution in [0.2, 0.25) is 0 Å². The number of halogens is 2. The van der Waals surface area contributed by atoms with Gasteiger partial charge in [-0.15, -0.1) is 0 Å². The average molecular weight is 394 g/mol. The molecule has 0 spiro atoms. The largest absolute Gasteiger partial charge is 0.0908 e. The molecule has 0 amide bonds. The molecule has 2 heteroatoms. The molecule has 0 radical (unpaired) electrons. The van der Waals surface area contributed by atoms with Crippen LogP contribution >= 0.6 is 31.9 Å². The maximum atomic E-state index is 3.62. The molecule has 2 saturated carbocycles. The van der Waals surface area contributed by atoms with Gasteiger partial charge in [0.25, 0.3) is 0 Å². The first-order valence-corrected chi connectivity index (χ1v) is 8.89. The van der Waals surface area contributed by atoms with E-state index in [9.17, 15) is 0 Å². The summed E-state index contributed by atoms with van der Waals surface area (Å²) >= 11 is 7.03. The second-order valence-electron chi connectivity index (χ2n) is 5.95. The highest BCUT2D eigenvalue weighted by Crippen LogP contribution is 2.62. The van der Waals surface area contributed by atoms with E-state index in [1.807, 2.05) is 6.07 Å². The van der Waals surface area contributed by atoms with Gasteiger partial charge in [0.2, 0.25) is 0 Å². The van der Waals surface area contributed by atoms with E-state index in [1.54, 1.807) is 0 Å². The Morgan fingerprint density at radius 2 is 2.00 bits per heavy atom. The smallest absolute Gasteiger partial charge is 0.0567 e. The Kier molecular flexibility index (Phi) is 4.38. The van der Waals surface area contributed by atoms with E-state index in [2.05, 4.69) is 74.0 Å². The van der Waals surface area contributed by atoms with Crippen molar-refractivity contribution in [2.45, 2.75) is 32.1 Å². The van der Waals surface area contributed by atoms with Crippen LogP contribution in [0, 0.1) is 29.1 Å². The molecule has 0 bridgehead atoms. The summed E-state index contributed by atoms with van der Waals surface area (Å²) in [6.45, 7) is 0. The van der Waals surface area contributed by atoms with Crippen molar-refractivity contribution < 1.29 is 0 Å². The molecule has 0 N–H and O–H groups in total. The third kappa shape index (κ3) is 3.21. The second kappa shape index (κ2) is 6.08. The van der Waals surface area contributed by atoms with Gasteiger partial charge in [0.15, 0.2) is 0 Å². The Morgan fingerprint density at radius 3 is 2.75 bits per heavy atom. The van der Waals surface area contributed by atoms with Gasteiger partial charge in [-0.1, -0.05) is 49.0 Å². The van der Waals surface area contributed by atoms with Gasteiger partial charge < -0.3 is 0 Å². The first kappa shape index (κ1) is 14.4. The third-order valence-electron chi connectivity index (χ3n) is 4.63. The third-order valence-corrected chi connectivity index (χ3v) is 5.16. The van der Waals surface area contributed by atoms with Crippen molar-refractivity contribution in [2.24, 2.45) is 17.3 Å². The van der Waals surface area contributed by atoms with E-state index in [4.69, 9.17) is 0 Å². The molecule has 3 atom stereocenters. The minimum Gasteiger partial charge on any atom is -0.0908 e. The van der Waals surface area contributed by atoms with E-state index in [0.717, 1.165) is 14.9 Å². The molecule has 2 fully saturated rings. The number of rotatable bonds is 1. The zero-order valence-electron chi connectivity index (χ0n) is 11.4. The van der Waals surface area contributed by atoms with Crippen LogP contribution in [0.4, 0.5) is 0 Å². The number of benzene rings is 1. The molecule has 3 rings (SSSR count). The molecule has 1 unspecified atom stereocenters. The van der Waals surface area contributed by atoms with Crippen molar-refractivity contribution in [1.82, 2.24) is 0 Å². The monoisotopic (exact) mass is 392 g/mol. The lowest BCUT2D eigenvalue weighted by atomic mass is 9.93. The van der Waals surface area contributed by atoms with Crippen LogP contribution in [0.5, 0.6) is 0 Å². The summed E-state index contributed by atoms with van der Waals surface area (Å²) in [4.78, 5) is 0. The van der Waals surface area contributed by atoms with Crippen LogP contribution in [-0.4, -0.2) is 0 Å². The average Bonchev–Trinajstić information content (AvgIpc) is 3.16. The summed E-state index contributed by atoms with van der Waals surface area (Å²) in [5, 5.41) is 0. The summed E-state index contributed by atoms with van der Waals surface area (Å²) < 4.78 is 1.09.